The highest BCUT2D eigenvalue weighted by atomic mass is 32.2. The van der Waals surface area contributed by atoms with Crippen molar-refractivity contribution in [2.75, 3.05) is 9.62 Å². The van der Waals surface area contributed by atoms with Crippen LogP contribution in [0.15, 0.2) is 69.1 Å². The van der Waals surface area contributed by atoms with Crippen LogP contribution in [0, 0.1) is 12.7 Å². The lowest BCUT2D eigenvalue weighted by molar-refractivity contribution is 0.567. The Kier molecular flexibility index (Phi) is 4.40. The predicted molar refractivity (Wildman–Crippen MR) is 105 cm³/mol. The number of rotatable bonds is 4. The average Bonchev–Trinajstić information content (AvgIpc) is 3.14. The third-order valence-electron chi connectivity index (χ3n) is 4.45. The van der Waals surface area contributed by atoms with Crippen molar-refractivity contribution < 1.29 is 17.2 Å². The molecular formula is C19H17FN4O3S. The van der Waals surface area contributed by atoms with Gasteiger partial charge in [-0.05, 0) is 55.0 Å². The monoisotopic (exact) mass is 400 g/mol. The summed E-state index contributed by atoms with van der Waals surface area (Å²) >= 11 is 0. The number of fused-ring (bicyclic) bond motifs is 1. The average molecular weight is 400 g/mol. The van der Waals surface area contributed by atoms with Gasteiger partial charge in [-0.2, -0.15) is 0 Å². The van der Waals surface area contributed by atoms with Gasteiger partial charge in [0.1, 0.15) is 18.3 Å². The van der Waals surface area contributed by atoms with E-state index >= 15 is 0 Å². The van der Waals surface area contributed by atoms with Gasteiger partial charge in [0.05, 0.1) is 16.7 Å². The van der Waals surface area contributed by atoms with E-state index in [2.05, 4.69) is 9.71 Å². The molecule has 28 heavy (non-hydrogen) atoms. The third kappa shape index (κ3) is 3.25. The molecule has 0 bridgehead atoms. The molecule has 0 spiro atoms. The minimum atomic E-state index is -3.91. The van der Waals surface area contributed by atoms with Gasteiger partial charge in [0.15, 0.2) is 0 Å². The molecule has 1 aliphatic rings. The molecule has 144 valence electrons. The zero-order valence-corrected chi connectivity index (χ0v) is 15.7. The van der Waals surface area contributed by atoms with Crippen LogP contribution in [-0.2, 0) is 10.0 Å². The second-order valence-electron chi connectivity index (χ2n) is 6.34. The van der Waals surface area contributed by atoms with Crippen LogP contribution in [0.5, 0.6) is 0 Å². The smallest absolute Gasteiger partial charge is 0.262 e. The van der Waals surface area contributed by atoms with Crippen molar-refractivity contribution in [3.63, 3.8) is 0 Å². The number of benzene rings is 2. The lowest BCUT2D eigenvalue weighted by Crippen LogP contribution is -2.35. The molecule has 1 aromatic heterocycles. The number of anilines is 2. The molecule has 0 radical (unpaired) electrons. The highest BCUT2D eigenvalue weighted by Crippen LogP contribution is 2.34. The molecule has 4 rings (SSSR count). The number of hydrogen-bond donors (Lipinski definition) is 2. The number of aryl methyl sites for hydroxylation is 1. The van der Waals surface area contributed by atoms with Crippen molar-refractivity contribution in [1.82, 2.24) is 0 Å². The van der Waals surface area contributed by atoms with E-state index in [0.717, 1.165) is 17.3 Å². The molecule has 3 N–H and O–H groups in total. The van der Waals surface area contributed by atoms with Crippen LogP contribution in [0.25, 0.3) is 0 Å². The summed E-state index contributed by atoms with van der Waals surface area (Å²) in [5, 5.41) is 0. The Morgan fingerprint density at radius 2 is 1.93 bits per heavy atom. The molecule has 9 heteroatoms. The highest BCUT2D eigenvalue weighted by Gasteiger charge is 2.24. The molecule has 7 nitrogen and oxygen atoms in total. The predicted octanol–water partition coefficient (Wildman–Crippen LogP) is 3.67. The first kappa shape index (κ1) is 18.2. The van der Waals surface area contributed by atoms with Crippen LogP contribution in [-0.4, -0.2) is 14.8 Å². The van der Waals surface area contributed by atoms with E-state index in [4.69, 9.17) is 10.2 Å². The van der Waals surface area contributed by atoms with E-state index in [1.165, 1.54) is 18.4 Å². The van der Waals surface area contributed by atoms with E-state index in [0.29, 0.717) is 17.1 Å². The summed E-state index contributed by atoms with van der Waals surface area (Å²) in [6.07, 6.45) is 2.62. The van der Waals surface area contributed by atoms with Crippen molar-refractivity contribution in [3.8, 4) is 0 Å². The van der Waals surface area contributed by atoms with Crippen molar-refractivity contribution in [1.29, 1.82) is 0 Å². The minimum absolute atomic E-state index is 0.103. The molecule has 0 fully saturated rings. The van der Waals surface area contributed by atoms with Crippen LogP contribution in [0.1, 0.15) is 17.3 Å². The molecular weight excluding hydrogens is 383 g/mol. The topological polar surface area (TPSA) is 101 Å². The molecule has 0 aliphatic carbocycles. The summed E-state index contributed by atoms with van der Waals surface area (Å²) in [4.78, 5) is 5.85. The van der Waals surface area contributed by atoms with Gasteiger partial charge in [-0.15, -0.1) is 0 Å². The standard InChI is InChI=1S/C19H17FN4O3S/c1-12-2-3-13(20)10-17(12)28(25,26)23-14-4-6-15(7-5-14)24-11-22-19-16(18(24)21)8-9-27-19/h2-11,18,23H,21H2,1H3. The van der Waals surface area contributed by atoms with Crippen LogP contribution in [0.4, 0.5) is 21.6 Å². The Labute approximate surface area is 161 Å². The first-order valence-corrected chi connectivity index (χ1v) is 9.88. The summed E-state index contributed by atoms with van der Waals surface area (Å²) in [5.41, 5.74) is 8.53. The highest BCUT2D eigenvalue weighted by molar-refractivity contribution is 7.92. The first-order valence-electron chi connectivity index (χ1n) is 8.40. The van der Waals surface area contributed by atoms with Crippen LogP contribution < -0.4 is 15.4 Å². The van der Waals surface area contributed by atoms with Gasteiger partial charge in [0, 0.05) is 11.4 Å². The molecule has 3 aromatic rings. The Balaban J connectivity index is 1.56. The Morgan fingerprint density at radius 1 is 1.18 bits per heavy atom. The fraction of sp³-hybridized carbons (Fsp3) is 0.105. The fourth-order valence-corrected chi connectivity index (χ4v) is 4.30. The van der Waals surface area contributed by atoms with E-state index in [1.807, 2.05) is 0 Å². The van der Waals surface area contributed by atoms with E-state index < -0.39 is 22.0 Å². The molecule has 2 heterocycles. The zero-order chi connectivity index (χ0) is 19.9. The molecule has 1 unspecified atom stereocenters. The number of nitrogens with zero attached hydrogens (tertiary/aromatic N) is 2. The van der Waals surface area contributed by atoms with E-state index in [-0.39, 0.29) is 4.90 Å². The van der Waals surface area contributed by atoms with Gasteiger partial charge in [-0.3, -0.25) is 4.72 Å². The van der Waals surface area contributed by atoms with Gasteiger partial charge in [-0.25, -0.2) is 17.8 Å². The second kappa shape index (κ2) is 6.77. The number of furan rings is 1. The Hall–Kier alpha value is -3.17. The Bertz CT molecular complexity index is 1160. The van der Waals surface area contributed by atoms with Crippen molar-refractivity contribution >= 4 is 33.6 Å². The molecule has 0 amide bonds. The SMILES string of the molecule is Cc1ccc(F)cc1S(=O)(=O)Nc1ccc(N2C=Nc3occc3C2N)cc1. The summed E-state index contributed by atoms with van der Waals surface area (Å²) in [6.45, 7) is 1.61. The maximum absolute atomic E-state index is 13.5. The van der Waals surface area contributed by atoms with Crippen LogP contribution in [0.3, 0.4) is 0 Å². The summed E-state index contributed by atoms with van der Waals surface area (Å²) in [5.74, 6) is -0.142. The number of nitrogens with one attached hydrogen (secondary N) is 1. The Morgan fingerprint density at radius 3 is 2.68 bits per heavy atom. The molecule has 1 aliphatic heterocycles. The lowest BCUT2D eigenvalue weighted by Gasteiger charge is -2.29. The number of sulfonamides is 1. The maximum atomic E-state index is 13.5. The lowest BCUT2D eigenvalue weighted by atomic mass is 10.2. The van der Waals surface area contributed by atoms with Crippen molar-refractivity contribution in [2.45, 2.75) is 18.0 Å². The van der Waals surface area contributed by atoms with Gasteiger partial charge >= 0.3 is 0 Å². The van der Waals surface area contributed by atoms with Gasteiger partial charge < -0.3 is 15.1 Å². The molecule has 2 aromatic carbocycles. The number of halogens is 1. The van der Waals surface area contributed by atoms with Crippen molar-refractivity contribution in [3.05, 3.63) is 71.7 Å². The van der Waals surface area contributed by atoms with Crippen molar-refractivity contribution in [2.24, 2.45) is 10.7 Å². The normalized spacial score (nSPS) is 16.1. The molecule has 1 atom stereocenters. The molecule has 0 saturated carbocycles. The molecule has 0 saturated heterocycles. The van der Waals surface area contributed by atoms with Crippen LogP contribution in [0.2, 0.25) is 0 Å². The maximum Gasteiger partial charge on any atom is 0.262 e. The number of hydrogen-bond acceptors (Lipinski definition) is 6. The van der Waals surface area contributed by atoms with E-state index in [9.17, 15) is 12.8 Å². The summed E-state index contributed by atoms with van der Waals surface area (Å²) < 4.78 is 46.3. The number of nitrogens with two attached hydrogens (primary N) is 1. The third-order valence-corrected chi connectivity index (χ3v) is 5.97. The van der Waals surface area contributed by atoms with Gasteiger partial charge in [0.25, 0.3) is 10.0 Å². The fourth-order valence-electron chi connectivity index (χ4n) is 2.98. The summed E-state index contributed by atoms with van der Waals surface area (Å²) in [6, 6.07) is 12.0. The summed E-state index contributed by atoms with van der Waals surface area (Å²) in [7, 11) is -3.91. The van der Waals surface area contributed by atoms with Crippen LogP contribution >= 0.6 is 0 Å². The van der Waals surface area contributed by atoms with E-state index in [1.54, 1.807) is 48.5 Å². The zero-order valence-electron chi connectivity index (χ0n) is 14.8. The first-order chi connectivity index (χ1) is 13.3. The van der Waals surface area contributed by atoms with Gasteiger partial charge in [0.2, 0.25) is 5.88 Å². The minimum Gasteiger partial charge on any atom is -0.446 e. The van der Waals surface area contributed by atoms with Gasteiger partial charge in [-0.1, -0.05) is 6.07 Å². The largest absolute Gasteiger partial charge is 0.446 e. The quantitative estimate of drug-likeness (QED) is 0.696. The second-order valence-corrected chi connectivity index (χ2v) is 7.99. The number of aliphatic imine (C=N–C) groups is 1.